The van der Waals surface area contributed by atoms with E-state index in [0.29, 0.717) is 0 Å². The molecule has 1 radical (unpaired) electrons. The molecule has 0 spiro atoms. The van der Waals surface area contributed by atoms with Crippen LogP contribution < -0.4 is 17.0 Å². The first kappa shape index (κ1) is 4.23. The van der Waals surface area contributed by atoms with Crippen LogP contribution in [0.25, 0.3) is 0 Å². The van der Waals surface area contributed by atoms with Gasteiger partial charge in [0.05, 0.1) is 0 Å². The Kier molecular flexibility index (Phi) is 1.30. The van der Waals surface area contributed by atoms with Gasteiger partial charge in [-0.2, -0.15) is 0 Å². The van der Waals surface area contributed by atoms with Gasteiger partial charge >= 0.3 is 0 Å². The Bertz CT molecular complexity index is 38.9. The minimum Gasteiger partial charge on any atom is -0.293 e. The molecule has 4 heteroatoms. The number of hydrogen-bond acceptors (Lipinski definition) is 2. The maximum atomic E-state index is 6.17. The van der Waals surface area contributed by atoms with Gasteiger partial charge in [-0.1, -0.05) is 0 Å². The SMILES string of the molecule is [NH]C(=N)NN. The van der Waals surface area contributed by atoms with Crippen molar-refractivity contribution in [3.63, 3.8) is 0 Å². The lowest BCUT2D eigenvalue weighted by Crippen LogP contribution is -2.29. The highest BCUT2D eigenvalue weighted by molar-refractivity contribution is 5.72. The van der Waals surface area contributed by atoms with Gasteiger partial charge in [-0.15, -0.1) is 0 Å². The van der Waals surface area contributed by atoms with Crippen molar-refractivity contribution in [1.82, 2.24) is 11.2 Å². The molecule has 0 unspecified atom stereocenters. The summed E-state index contributed by atoms with van der Waals surface area (Å²) in [7, 11) is 0. The normalized spacial score (nSPS) is 6.60. The topological polar surface area (TPSA) is 85.7 Å². The Morgan fingerprint density at radius 2 is 2.00 bits per heavy atom. The zero-order valence-corrected chi connectivity index (χ0v) is 2.58. The van der Waals surface area contributed by atoms with Crippen molar-refractivity contribution in [1.29, 1.82) is 5.41 Å². The van der Waals surface area contributed by atoms with Crippen LogP contribution in [0.1, 0.15) is 0 Å². The molecule has 0 bridgehead atoms. The molecule has 0 amide bonds. The lowest BCUT2D eigenvalue weighted by atomic mass is 11.1. The third kappa shape index (κ3) is 3.23. The average molecular weight is 73.1 g/mol. The number of hydrazine groups is 1. The first-order valence-corrected chi connectivity index (χ1v) is 1.04. The standard InChI is InChI=1S/CH5N4/c2-1(3)5-4/h2H,4H2,(H2,3,5). The van der Waals surface area contributed by atoms with Gasteiger partial charge in [-0.3, -0.25) is 16.6 Å². The number of rotatable bonds is 0. The molecule has 5 N–H and O–H groups in total. The van der Waals surface area contributed by atoms with E-state index in [1.165, 1.54) is 0 Å². The van der Waals surface area contributed by atoms with Crippen LogP contribution in [-0.4, -0.2) is 5.96 Å². The van der Waals surface area contributed by atoms with Crippen LogP contribution >= 0.6 is 0 Å². The molecular formula is CH5N4. The Labute approximate surface area is 29.6 Å². The van der Waals surface area contributed by atoms with Crippen molar-refractivity contribution in [2.24, 2.45) is 5.84 Å². The summed E-state index contributed by atoms with van der Waals surface area (Å²) in [6.07, 6.45) is 0. The fraction of sp³-hybridized carbons (Fsp3) is 0. The van der Waals surface area contributed by atoms with E-state index in [0.717, 1.165) is 0 Å². The molecule has 0 saturated heterocycles. The number of nitrogens with two attached hydrogens (primary N) is 1. The Balaban J connectivity index is 2.85. The molecule has 0 aromatic heterocycles. The van der Waals surface area contributed by atoms with Crippen LogP contribution in [0.3, 0.4) is 0 Å². The van der Waals surface area contributed by atoms with E-state index in [4.69, 9.17) is 11.1 Å². The molecule has 0 fully saturated rings. The molecule has 0 atom stereocenters. The first-order valence-electron chi connectivity index (χ1n) is 1.04. The second-order valence-corrected chi connectivity index (χ2v) is 0.519. The zero-order chi connectivity index (χ0) is 4.28. The summed E-state index contributed by atoms with van der Waals surface area (Å²) < 4.78 is 0. The van der Waals surface area contributed by atoms with Gasteiger partial charge in [-0.05, 0) is 0 Å². The summed E-state index contributed by atoms with van der Waals surface area (Å²) in [5.74, 6) is 4.04. The quantitative estimate of drug-likeness (QED) is 0.143. The smallest absolute Gasteiger partial charge is 0.221 e. The Morgan fingerprint density at radius 1 is 1.80 bits per heavy atom. The van der Waals surface area contributed by atoms with Gasteiger partial charge in [0, 0.05) is 0 Å². The van der Waals surface area contributed by atoms with Crippen molar-refractivity contribution in [2.45, 2.75) is 0 Å². The Hall–Kier alpha value is -0.770. The molecule has 0 aliphatic carbocycles. The molecule has 0 saturated carbocycles. The fourth-order valence-corrected chi connectivity index (χ4v) is 0. The highest BCUT2D eigenvalue weighted by Crippen LogP contribution is 1.31. The molecule has 0 heterocycles. The van der Waals surface area contributed by atoms with Gasteiger partial charge in [0.25, 0.3) is 0 Å². The van der Waals surface area contributed by atoms with E-state index in [-0.39, 0.29) is 0 Å². The molecule has 4 nitrogen and oxygen atoms in total. The van der Waals surface area contributed by atoms with E-state index >= 15 is 0 Å². The van der Waals surface area contributed by atoms with E-state index in [9.17, 15) is 0 Å². The highest BCUT2D eigenvalue weighted by Gasteiger charge is 1.68. The fourth-order valence-electron chi connectivity index (χ4n) is 0. The molecule has 0 aliphatic heterocycles. The number of hydrogen-bond donors (Lipinski definition) is 3. The van der Waals surface area contributed by atoms with Crippen molar-refractivity contribution in [3.8, 4) is 0 Å². The summed E-state index contributed by atoms with van der Waals surface area (Å²) in [5, 5.41) is 6.17. The zero-order valence-electron chi connectivity index (χ0n) is 2.58. The molecule has 0 rings (SSSR count). The number of nitrogens with one attached hydrogen (secondary N) is 3. The van der Waals surface area contributed by atoms with Gasteiger partial charge in [0.15, 0.2) is 0 Å². The van der Waals surface area contributed by atoms with Crippen LogP contribution in [-0.2, 0) is 0 Å². The summed E-state index contributed by atoms with van der Waals surface area (Å²) in [5.41, 5.74) is 7.95. The molecule has 0 aromatic carbocycles. The predicted octanol–water partition coefficient (Wildman–Crippen LogP) is -1.33. The van der Waals surface area contributed by atoms with E-state index in [1.807, 2.05) is 0 Å². The molecular weight excluding hydrogens is 68.0 g/mol. The van der Waals surface area contributed by atoms with E-state index in [1.54, 1.807) is 5.43 Å². The van der Waals surface area contributed by atoms with Gasteiger partial charge < -0.3 is 0 Å². The second-order valence-electron chi connectivity index (χ2n) is 0.519. The summed E-state index contributed by atoms with van der Waals surface area (Å²) in [4.78, 5) is 0. The average Bonchev–Trinajstić information content (AvgIpc) is 1.38. The third-order valence-corrected chi connectivity index (χ3v) is 0.144. The van der Waals surface area contributed by atoms with E-state index in [2.05, 4.69) is 5.84 Å². The largest absolute Gasteiger partial charge is 0.293 e. The molecule has 0 aliphatic rings. The van der Waals surface area contributed by atoms with Crippen molar-refractivity contribution in [2.75, 3.05) is 0 Å². The van der Waals surface area contributed by atoms with Gasteiger partial charge in [0.2, 0.25) is 5.96 Å². The van der Waals surface area contributed by atoms with Crippen molar-refractivity contribution < 1.29 is 0 Å². The summed E-state index contributed by atoms with van der Waals surface area (Å²) >= 11 is 0. The highest BCUT2D eigenvalue weighted by atomic mass is 15.3. The van der Waals surface area contributed by atoms with E-state index < -0.39 is 5.96 Å². The Morgan fingerprint density at radius 3 is 2.00 bits per heavy atom. The van der Waals surface area contributed by atoms with Crippen LogP contribution in [0.4, 0.5) is 0 Å². The molecule has 29 valence electrons. The lowest BCUT2D eigenvalue weighted by molar-refractivity contribution is 0.988. The van der Waals surface area contributed by atoms with Gasteiger partial charge in [-0.25, -0.2) is 5.84 Å². The predicted molar refractivity (Wildman–Crippen MR) is 18.1 cm³/mol. The van der Waals surface area contributed by atoms with Gasteiger partial charge in [0.1, 0.15) is 0 Å². The third-order valence-electron chi connectivity index (χ3n) is 0.144. The second kappa shape index (κ2) is 1.54. The maximum absolute atomic E-state index is 6.17. The van der Waals surface area contributed by atoms with Crippen LogP contribution in [0.5, 0.6) is 0 Å². The molecule has 0 aromatic rings. The monoisotopic (exact) mass is 73.1 g/mol. The van der Waals surface area contributed by atoms with Crippen LogP contribution in [0.15, 0.2) is 0 Å². The number of guanidine groups is 1. The summed E-state index contributed by atoms with van der Waals surface area (Å²) in [6, 6.07) is 0. The summed E-state index contributed by atoms with van der Waals surface area (Å²) in [6.45, 7) is 0. The van der Waals surface area contributed by atoms with Crippen LogP contribution in [0.2, 0.25) is 0 Å². The minimum atomic E-state index is -0.468. The molecule has 5 heavy (non-hydrogen) atoms. The minimum absolute atomic E-state index is 0.468. The van der Waals surface area contributed by atoms with Crippen molar-refractivity contribution in [3.05, 3.63) is 0 Å². The first-order chi connectivity index (χ1) is 2.27. The lowest BCUT2D eigenvalue weighted by Gasteiger charge is -1.83. The maximum Gasteiger partial charge on any atom is 0.221 e. The van der Waals surface area contributed by atoms with Crippen LogP contribution in [0, 0.1) is 5.41 Å². The van der Waals surface area contributed by atoms with Crippen molar-refractivity contribution >= 4 is 5.96 Å².